The molecule has 2 N–H and O–H groups in total. The summed E-state index contributed by atoms with van der Waals surface area (Å²) in [6.45, 7) is 8.28. The average molecular weight is 434 g/mol. The van der Waals surface area contributed by atoms with Crippen LogP contribution in [-0.2, 0) is 11.3 Å². The van der Waals surface area contributed by atoms with Gasteiger partial charge in [-0.3, -0.25) is 0 Å². The Kier molecular flexibility index (Phi) is 7.37. The fourth-order valence-corrected chi connectivity index (χ4v) is 3.35. The summed E-state index contributed by atoms with van der Waals surface area (Å²) in [6, 6.07) is 5.64. The van der Waals surface area contributed by atoms with Crippen LogP contribution in [0.3, 0.4) is 0 Å². The second kappa shape index (κ2) is 10.00. The monoisotopic (exact) mass is 433 g/mol. The number of ether oxygens (including phenoxy) is 1. The van der Waals surface area contributed by atoms with Gasteiger partial charge in [-0.05, 0) is 58.2 Å². The van der Waals surface area contributed by atoms with Crippen molar-refractivity contribution in [1.82, 2.24) is 20.2 Å². The number of amides is 1. The quantitative estimate of drug-likeness (QED) is 0.710. The molecule has 1 aromatic carbocycles. The third kappa shape index (κ3) is 6.85. The Balaban J connectivity index is 1.44. The van der Waals surface area contributed by atoms with Crippen LogP contribution in [0.2, 0.25) is 0 Å². The first-order valence-corrected chi connectivity index (χ1v) is 10.4. The van der Waals surface area contributed by atoms with Crippen LogP contribution in [0.5, 0.6) is 0 Å². The third-order valence-electron chi connectivity index (χ3n) is 4.94. The van der Waals surface area contributed by atoms with E-state index in [-0.39, 0.29) is 11.8 Å². The van der Waals surface area contributed by atoms with Crippen molar-refractivity contribution in [1.29, 1.82) is 0 Å². The van der Waals surface area contributed by atoms with Gasteiger partial charge in [-0.1, -0.05) is 6.07 Å². The molecule has 1 aliphatic heterocycles. The number of anilines is 2. The Bertz CT molecular complexity index is 896. The van der Waals surface area contributed by atoms with Crippen molar-refractivity contribution in [3.05, 3.63) is 47.9 Å². The van der Waals surface area contributed by atoms with E-state index in [2.05, 4.69) is 20.6 Å². The lowest BCUT2D eigenvalue weighted by Gasteiger charge is -2.33. The molecule has 1 amide bonds. The lowest BCUT2D eigenvalue weighted by Crippen LogP contribution is -2.43. The zero-order valence-electron chi connectivity index (χ0n) is 18.1. The Hall–Kier alpha value is -2.81. The zero-order chi connectivity index (χ0) is 22.4. The highest BCUT2D eigenvalue weighted by Crippen LogP contribution is 2.21. The molecule has 1 saturated heterocycles. The Morgan fingerprint density at radius 2 is 1.97 bits per heavy atom. The fraction of sp³-hybridized carbons (Fsp3) is 0.500. The second-order valence-corrected chi connectivity index (χ2v) is 8.66. The van der Waals surface area contributed by atoms with E-state index < -0.39 is 17.2 Å². The molecule has 7 nitrogen and oxygen atoms in total. The maximum atomic E-state index is 13.8. The molecule has 0 aliphatic carbocycles. The number of likely N-dealkylation sites (tertiary alicyclic amines) is 1. The molecule has 3 rings (SSSR count). The molecule has 31 heavy (non-hydrogen) atoms. The number of nitrogens with zero attached hydrogens (tertiary/aromatic N) is 3. The number of rotatable bonds is 6. The first-order chi connectivity index (χ1) is 14.7. The van der Waals surface area contributed by atoms with E-state index in [4.69, 9.17) is 4.74 Å². The van der Waals surface area contributed by atoms with E-state index in [0.29, 0.717) is 31.4 Å². The van der Waals surface area contributed by atoms with Crippen LogP contribution in [-0.4, -0.2) is 46.2 Å². The summed E-state index contributed by atoms with van der Waals surface area (Å²) >= 11 is 0. The van der Waals surface area contributed by atoms with Gasteiger partial charge in [-0.15, -0.1) is 0 Å². The number of aromatic nitrogens is 2. The summed E-state index contributed by atoms with van der Waals surface area (Å²) in [6.07, 6.45) is 2.94. The van der Waals surface area contributed by atoms with Gasteiger partial charge in [-0.25, -0.2) is 23.5 Å². The van der Waals surface area contributed by atoms with Gasteiger partial charge >= 0.3 is 6.09 Å². The molecule has 1 fully saturated rings. The summed E-state index contributed by atoms with van der Waals surface area (Å²) < 4.78 is 32.6. The summed E-state index contributed by atoms with van der Waals surface area (Å²) in [7, 11) is 0. The molecule has 2 heterocycles. The maximum Gasteiger partial charge on any atom is 0.410 e. The van der Waals surface area contributed by atoms with Gasteiger partial charge in [0.05, 0.1) is 11.4 Å². The summed E-state index contributed by atoms with van der Waals surface area (Å²) in [5.41, 5.74) is 0.274. The van der Waals surface area contributed by atoms with Crippen LogP contribution in [0.25, 0.3) is 0 Å². The average Bonchev–Trinajstić information content (AvgIpc) is 2.71. The van der Waals surface area contributed by atoms with Gasteiger partial charge in [0.25, 0.3) is 0 Å². The molecular formula is C22H29F2N5O2. The standard InChI is InChI=1S/C22H29F2N5O2/c1-22(2,3)31-21(30)29-9-7-15(8-10-29)12-25-13-16-11-19(27-14-26-16)28-18-6-4-5-17(23)20(18)24/h4-6,11,14-15,25H,7-10,12-13H2,1-3H3,(H,26,27,28). The van der Waals surface area contributed by atoms with E-state index in [9.17, 15) is 13.6 Å². The van der Waals surface area contributed by atoms with Crippen molar-refractivity contribution in [3.8, 4) is 0 Å². The number of benzene rings is 1. The lowest BCUT2D eigenvalue weighted by molar-refractivity contribution is 0.0184. The maximum absolute atomic E-state index is 13.8. The lowest BCUT2D eigenvalue weighted by atomic mass is 9.97. The first kappa shape index (κ1) is 22.9. The van der Waals surface area contributed by atoms with Crippen molar-refractivity contribution in [2.45, 2.75) is 45.8 Å². The fourth-order valence-electron chi connectivity index (χ4n) is 3.35. The number of halogens is 2. The minimum atomic E-state index is -0.946. The van der Waals surface area contributed by atoms with E-state index >= 15 is 0 Å². The van der Waals surface area contributed by atoms with Crippen molar-refractivity contribution >= 4 is 17.6 Å². The highest BCUT2D eigenvalue weighted by Gasteiger charge is 2.26. The second-order valence-electron chi connectivity index (χ2n) is 8.66. The largest absolute Gasteiger partial charge is 0.444 e. The van der Waals surface area contributed by atoms with Crippen LogP contribution >= 0.6 is 0 Å². The number of carbonyl (C=O) groups excluding carboxylic acids is 1. The molecule has 1 aromatic heterocycles. The van der Waals surface area contributed by atoms with E-state index in [1.165, 1.54) is 18.5 Å². The van der Waals surface area contributed by atoms with Crippen LogP contribution in [0.15, 0.2) is 30.6 Å². The Morgan fingerprint density at radius 1 is 1.23 bits per heavy atom. The van der Waals surface area contributed by atoms with Crippen LogP contribution in [0, 0.1) is 17.6 Å². The van der Waals surface area contributed by atoms with E-state index in [1.54, 1.807) is 11.0 Å². The topological polar surface area (TPSA) is 79.4 Å². The number of hydrogen-bond donors (Lipinski definition) is 2. The molecule has 9 heteroatoms. The minimum absolute atomic E-state index is 0.0226. The van der Waals surface area contributed by atoms with Gasteiger partial charge in [0.1, 0.15) is 17.7 Å². The first-order valence-electron chi connectivity index (χ1n) is 10.4. The van der Waals surface area contributed by atoms with Gasteiger partial charge in [0.2, 0.25) is 0 Å². The van der Waals surface area contributed by atoms with Crippen LogP contribution < -0.4 is 10.6 Å². The minimum Gasteiger partial charge on any atom is -0.444 e. The molecule has 168 valence electrons. The molecule has 0 atom stereocenters. The van der Waals surface area contributed by atoms with Crippen molar-refractivity contribution < 1.29 is 18.3 Å². The molecule has 2 aromatic rings. The predicted molar refractivity (Wildman–Crippen MR) is 114 cm³/mol. The summed E-state index contributed by atoms with van der Waals surface area (Å²) in [4.78, 5) is 22.2. The van der Waals surface area contributed by atoms with E-state index in [1.807, 2.05) is 20.8 Å². The molecule has 1 aliphatic rings. The molecule has 0 radical (unpaired) electrons. The highest BCUT2D eigenvalue weighted by atomic mass is 19.2. The molecule has 0 bridgehead atoms. The zero-order valence-corrected chi connectivity index (χ0v) is 18.1. The molecule has 0 unspecified atom stereocenters. The van der Waals surface area contributed by atoms with Crippen LogP contribution in [0.4, 0.5) is 25.1 Å². The molecular weight excluding hydrogens is 404 g/mol. The molecule has 0 spiro atoms. The van der Waals surface area contributed by atoms with Gasteiger partial charge in [-0.2, -0.15) is 0 Å². The number of piperidine rings is 1. The van der Waals surface area contributed by atoms with Gasteiger partial charge in [0, 0.05) is 25.7 Å². The van der Waals surface area contributed by atoms with Gasteiger partial charge in [0.15, 0.2) is 11.6 Å². The number of hydrogen-bond acceptors (Lipinski definition) is 6. The SMILES string of the molecule is CC(C)(C)OC(=O)N1CCC(CNCc2cc(Nc3cccc(F)c3F)ncn2)CC1. The number of carbonyl (C=O) groups is 1. The highest BCUT2D eigenvalue weighted by molar-refractivity contribution is 5.68. The smallest absolute Gasteiger partial charge is 0.410 e. The summed E-state index contributed by atoms with van der Waals surface area (Å²) in [5.74, 6) is -1.02. The predicted octanol–water partition coefficient (Wildman–Crippen LogP) is 4.24. The van der Waals surface area contributed by atoms with Gasteiger partial charge < -0.3 is 20.3 Å². The molecule has 0 saturated carbocycles. The Morgan fingerprint density at radius 3 is 2.68 bits per heavy atom. The third-order valence-corrected chi connectivity index (χ3v) is 4.94. The summed E-state index contributed by atoms with van der Waals surface area (Å²) in [5, 5.41) is 6.16. The number of nitrogens with one attached hydrogen (secondary N) is 2. The normalized spacial score (nSPS) is 15.1. The van der Waals surface area contributed by atoms with E-state index in [0.717, 1.165) is 31.1 Å². The van der Waals surface area contributed by atoms with Crippen molar-refractivity contribution in [2.75, 3.05) is 25.0 Å². The van der Waals surface area contributed by atoms with Crippen molar-refractivity contribution in [2.24, 2.45) is 5.92 Å². The Labute approximate surface area is 181 Å². The van der Waals surface area contributed by atoms with Crippen LogP contribution in [0.1, 0.15) is 39.3 Å². The van der Waals surface area contributed by atoms with Crippen molar-refractivity contribution in [3.63, 3.8) is 0 Å².